The molecule has 0 aliphatic carbocycles. The summed E-state index contributed by atoms with van der Waals surface area (Å²) in [6, 6.07) is 0. The van der Waals surface area contributed by atoms with Crippen molar-refractivity contribution in [1.82, 2.24) is 5.32 Å². The molecule has 0 saturated carbocycles. The SMILES string of the molecule is CCCCCCCCCCCCCCCCCC(=O)NCCC[N+](C)(C)CCO.O=[N+]([O-])[O-]. The van der Waals surface area contributed by atoms with E-state index in [2.05, 4.69) is 26.3 Å². The topological polar surface area (TPSA) is 116 Å². The van der Waals surface area contributed by atoms with Crippen LogP contribution in [0.4, 0.5) is 0 Å². The predicted octanol–water partition coefficient (Wildman–Crippen LogP) is 5.58. The van der Waals surface area contributed by atoms with Crippen LogP contribution in [-0.2, 0) is 4.79 Å². The molecule has 0 fully saturated rings. The van der Waals surface area contributed by atoms with Gasteiger partial charge in [0.2, 0.25) is 5.91 Å². The second kappa shape index (κ2) is 25.2. The summed E-state index contributed by atoms with van der Waals surface area (Å²) >= 11 is 0. The van der Waals surface area contributed by atoms with Gasteiger partial charge in [0.15, 0.2) is 0 Å². The van der Waals surface area contributed by atoms with Crippen molar-refractivity contribution in [2.75, 3.05) is 40.3 Å². The van der Waals surface area contributed by atoms with Gasteiger partial charge in [0.25, 0.3) is 0 Å². The minimum absolute atomic E-state index is 0.201. The summed E-state index contributed by atoms with van der Waals surface area (Å²) in [6.45, 7) is 5.01. The lowest BCUT2D eigenvalue weighted by Gasteiger charge is -2.28. The van der Waals surface area contributed by atoms with E-state index in [4.69, 9.17) is 20.4 Å². The van der Waals surface area contributed by atoms with E-state index < -0.39 is 5.09 Å². The molecule has 0 unspecified atom stereocenters. The van der Waals surface area contributed by atoms with Crippen LogP contribution in [0.25, 0.3) is 0 Å². The number of hydrogen-bond acceptors (Lipinski definition) is 5. The number of rotatable bonds is 22. The maximum absolute atomic E-state index is 11.9. The number of carbonyl (C=O) groups excluding carboxylic acids is 1. The normalized spacial score (nSPS) is 11.0. The molecule has 0 aliphatic rings. The summed E-state index contributed by atoms with van der Waals surface area (Å²) in [4.78, 5) is 20.1. The highest BCUT2D eigenvalue weighted by atomic mass is 16.9. The van der Waals surface area contributed by atoms with E-state index in [9.17, 15) is 4.79 Å². The lowest BCUT2D eigenvalue weighted by atomic mass is 10.0. The fourth-order valence-corrected chi connectivity index (χ4v) is 3.86. The van der Waals surface area contributed by atoms with Crippen molar-refractivity contribution in [2.24, 2.45) is 0 Å². The lowest BCUT2D eigenvalue weighted by molar-refractivity contribution is -0.890. The first-order chi connectivity index (χ1) is 15.7. The second-order valence-electron chi connectivity index (χ2n) is 9.73. The lowest BCUT2D eigenvalue weighted by Crippen LogP contribution is -2.43. The van der Waals surface area contributed by atoms with Crippen LogP contribution in [0.5, 0.6) is 0 Å². The molecule has 8 heteroatoms. The minimum Gasteiger partial charge on any atom is -0.391 e. The van der Waals surface area contributed by atoms with Crippen LogP contribution in [0.3, 0.4) is 0 Å². The molecule has 33 heavy (non-hydrogen) atoms. The summed E-state index contributed by atoms with van der Waals surface area (Å²) in [5.74, 6) is 0.201. The fraction of sp³-hybridized carbons (Fsp3) is 0.960. The zero-order valence-electron chi connectivity index (χ0n) is 21.8. The van der Waals surface area contributed by atoms with Crippen LogP contribution < -0.4 is 5.32 Å². The molecule has 198 valence electrons. The van der Waals surface area contributed by atoms with Crippen molar-refractivity contribution in [3.8, 4) is 0 Å². The van der Waals surface area contributed by atoms with E-state index in [-0.39, 0.29) is 12.5 Å². The van der Waals surface area contributed by atoms with Gasteiger partial charge in [-0.15, -0.1) is 0 Å². The van der Waals surface area contributed by atoms with Gasteiger partial charge >= 0.3 is 0 Å². The molecule has 0 heterocycles. The maximum atomic E-state index is 11.9. The average Bonchev–Trinajstić information content (AvgIpc) is 2.73. The Morgan fingerprint density at radius 1 is 0.758 bits per heavy atom. The molecule has 0 aromatic heterocycles. The molecule has 0 aromatic rings. The first-order valence-corrected chi connectivity index (χ1v) is 13.3. The van der Waals surface area contributed by atoms with Gasteiger partial charge in [0.05, 0.1) is 32.3 Å². The molecule has 2 N–H and O–H groups in total. The highest BCUT2D eigenvalue weighted by Crippen LogP contribution is 2.13. The first-order valence-electron chi connectivity index (χ1n) is 13.3. The third kappa shape index (κ3) is 32.8. The molecule has 8 nitrogen and oxygen atoms in total. The van der Waals surface area contributed by atoms with E-state index in [1.165, 1.54) is 89.9 Å². The highest BCUT2D eigenvalue weighted by Gasteiger charge is 2.13. The number of nitrogens with zero attached hydrogens (tertiary/aromatic N) is 2. The summed E-state index contributed by atoms with van der Waals surface area (Å²) in [5.41, 5.74) is 0. The van der Waals surface area contributed by atoms with Crippen molar-refractivity contribution in [3.63, 3.8) is 0 Å². The number of carbonyl (C=O) groups is 1. The van der Waals surface area contributed by atoms with E-state index >= 15 is 0 Å². The number of aliphatic hydroxyl groups excluding tert-OH is 1. The second-order valence-corrected chi connectivity index (χ2v) is 9.73. The Morgan fingerprint density at radius 2 is 1.15 bits per heavy atom. The smallest absolute Gasteiger partial charge is 0.219 e. The third-order valence-corrected chi connectivity index (χ3v) is 5.98. The Balaban J connectivity index is 0. The Labute approximate surface area is 202 Å². The van der Waals surface area contributed by atoms with E-state index in [0.717, 1.165) is 37.0 Å². The molecule has 0 aromatic carbocycles. The highest BCUT2D eigenvalue weighted by molar-refractivity contribution is 5.75. The molecular weight excluding hydrogens is 422 g/mol. The van der Waals surface area contributed by atoms with Gasteiger partial charge in [0, 0.05) is 19.4 Å². The third-order valence-electron chi connectivity index (χ3n) is 5.98. The molecular formula is C25H53N3O5. The largest absolute Gasteiger partial charge is 0.391 e. The number of amides is 1. The van der Waals surface area contributed by atoms with Gasteiger partial charge in [-0.25, -0.2) is 0 Å². The van der Waals surface area contributed by atoms with Crippen molar-refractivity contribution in [2.45, 2.75) is 116 Å². The van der Waals surface area contributed by atoms with Crippen molar-refractivity contribution >= 4 is 5.91 Å². The predicted molar refractivity (Wildman–Crippen MR) is 136 cm³/mol. The molecule has 0 radical (unpaired) electrons. The van der Waals surface area contributed by atoms with Crippen LogP contribution in [0.1, 0.15) is 116 Å². The fourth-order valence-electron chi connectivity index (χ4n) is 3.86. The zero-order chi connectivity index (χ0) is 25.2. The van der Waals surface area contributed by atoms with Gasteiger partial charge in [-0.05, 0) is 6.42 Å². The quantitative estimate of drug-likeness (QED) is 0.0917. The maximum Gasteiger partial charge on any atom is 0.219 e. The number of likely N-dealkylation sites (N-methyl/N-ethyl adjacent to an activating group) is 1. The first kappa shape index (κ1) is 33.8. The van der Waals surface area contributed by atoms with Gasteiger partial charge < -0.3 is 30.2 Å². The summed E-state index contributed by atoms with van der Waals surface area (Å²) < 4.78 is 0.811. The van der Waals surface area contributed by atoms with Gasteiger partial charge in [-0.1, -0.05) is 96.8 Å². The zero-order valence-corrected chi connectivity index (χ0v) is 21.8. The minimum atomic E-state index is -1.75. The monoisotopic (exact) mass is 475 g/mol. The van der Waals surface area contributed by atoms with Crippen molar-refractivity contribution in [1.29, 1.82) is 0 Å². The number of quaternary nitrogens is 1. The Hall–Kier alpha value is -1.41. The molecule has 0 spiro atoms. The molecule has 0 saturated heterocycles. The molecule has 0 aliphatic heterocycles. The van der Waals surface area contributed by atoms with Crippen molar-refractivity contribution in [3.05, 3.63) is 15.3 Å². The van der Waals surface area contributed by atoms with Crippen LogP contribution in [0.2, 0.25) is 0 Å². The molecule has 1 amide bonds. The molecule has 0 rings (SSSR count). The summed E-state index contributed by atoms with van der Waals surface area (Å²) in [6.07, 6.45) is 22.0. The van der Waals surface area contributed by atoms with Crippen LogP contribution >= 0.6 is 0 Å². The average molecular weight is 476 g/mol. The number of hydrogen-bond donors (Lipinski definition) is 2. The van der Waals surface area contributed by atoms with E-state index in [0.29, 0.717) is 6.42 Å². The molecule has 0 bridgehead atoms. The van der Waals surface area contributed by atoms with Crippen LogP contribution in [0.15, 0.2) is 0 Å². The van der Waals surface area contributed by atoms with E-state index in [1.807, 2.05) is 0 Å². The summed E-state index contributed by atoms with van der Waals surface area (Å²) in [5, 5.41) is 26.8. The van der Waals surface area contributed by atoms with Crippen LogP contribution in [0, 0.1) is 15.3 Å². The number of aliphatic hydroxyl groups is 1. The summed E-state index contributed by atoms with van der Waals surface area (Å²) in [7, 11) is 4.24. The standard InChI is InChI=1S/C25H52N2O2.NO3/c1-4-5-6-7-8-9-10-11-12-13-14-15-16-17-18-20-25(29)26-21-19-22-27(2,3)23-24-28;2-1(3)4/h28H,4-24H2,1-3H3;/q;-1/p+1. The Morgan fingerprint density at radius 3 is 1.55 bits per heavy atom. The van der Waals surface area contributed by atoms with Crippen molar-refractivity contribution < 1.29 is 19.5 Å². The van der Waals surface area contributed by atoms with E-state index in [1.54, 1.807) is 0 Å². The molecule has 0 atom stereocenters. The van der Waals surface area contributed by atoms with Crippen LogP contribution in [-0.4, -0.2) is 60.9 Å². The van der Waals surface area contributed by atoms with Gasteiger partial charge in [0.1, 0.15) is 6.54 Å². The van der Waals surface area contributed by atoms with Gasteiger partial charge in [-0.2, -0.15) is 0 Å². The Kier molecular flexibility index (Phi) is 25.8. The number of unbranched alkanes of at least 4 members (excludes halogenated alkanes) is 14. The van der Waals surface area contributed by atoms with Gasteiger partial charge in [-0.3, -0.25) is 4.79 Å². The number of nitrogens with one attached hydrogen (secondary N) is 1. The Bertz CT molecular complexity index is 444.